The van der Waals surface area contributed by atoms with Crippen molar-refractivity contribution in [2.75, 3.05) is 11.2 Å². The Balaban J connectivity index is 3.07. The summed E-state index contributed by atoms with van der Waals surface area (Å²) in [5, 5.41) is 0. The van der Waals surface area contributed by atoms with Crippen LogP contribution in [0.5, 0.6) is 0 Å². The van der Waals surface area contributed by atoms with Gasteiger partial charge in [-0.2, -0.15) is 0 Å². The minimum absolute atomic E-state index is 0.578. The first-order valence-electron chi connectivity index (χ1n) is 2.61. The number of nitrogens with two attached hydrogens (primary N) is 2. The first-order chi connectivity index (χ1) is 4.74. The van der Waals surface area contributed by atoms with Gasteiger partial charge in [-0.3, -0.25) is 0 Å². The van der Waals surface area contributed by atoms with E-state index in [1.165, 1.54) is 6.20 Å². The fourth-order valence-electron chi connectivity index (χ4n) is 0.559. The third kappa shape index (κ3) is 1.37. The number of nitrogens with zero attached hydrogens (tertiary/aromatic N) is 1. The van der Waals surface area contributed by atoms with Crippen LogP contribution in [0.4, 0.5) is 11.5 Å². The van der Waals surface area contributed by atoms with Crippen LogP contribution in [0, 0.1) is 0 Å². The summed E-state index contributed by atoms with van der Waals surface area (Å²) in [5.74, 6) is 5.70. The third-order valence-corrected chi connectivity index (χ3v) is 1.60. The SMILES string of the molecule is NNc1ncc(N)cc1Br. The molecule has 0 aliphatic carbocycles. The largest absolute Gasteiger partial charge is 0.397 e. The summed E-state index contributed by atoms with van der Waals surface area (Å²) in [7, 11) is 0. The molecule has 0 fully saturated rings. The summed E-state index contributed by atoms with van der Waals surface area (Å²) in [5.41, 5.74) is 8.43. The molecule has 0 amide bonds. The predicted octanol–water partition coefficient (Wildman–Crippen LogP) is 0.712. The summed E-state index contributed by atoms with van der Waals surface area (Å²) < 4.78 is 0.759. The van der Waals surface area contributed by atoms with Gasteiger partial charge in [0, 0.05) is 0 Å². The van der Waals surface area contributed by atoms with Crippen molar-refractivity contribution in [2.45, 2.75) is 0 Å². The number of hydrogen-bond acceptors (Lipinski definition) is 4. The summed E-state index contributed by atoms with van der Waals surface area (Å²) in [6, 6.07) is 1.72. The fraction of sp³-hybridized carbons (Fsp3) is 0. The Morgan fingerprint density at radius 3 is 2.80 bits per heavy atom. The van der Waals surface area contributed by atoms with Crippen LogP contribution in [-0.4, -0.2) is 4.98 Å². The molecule has 0 radical (unpaired) electrons. The van der Waals surface area contributed by atoms with E-state index in [2.05, 4.69) is 26.3 Å². The van der Waals surface area contributed by atoms with Gasteiger partial charge in [-0.25, -0.2) is 10.8 Å². The highest BCUT2D eigenvalue weighted by molar-refractivity contribution is 9.10. The number of anilines is 2. The molecule has 0 spiro atoms. The van der Waals surface area contributed by atoms with Crippen molar-refractivity contribution in [1.82, 2.24) is 4.98 Å². The molecule has 0 atom stereocenters. The molecular weight excluding hydrogens is 196 g/mol. The Morgan fingerprint density at radius 1 is 1.60 bits per heavy atom. The number of hydrogen-bond donors (Lipinski definition) is 3. The van der Waals surface area contributed by atoms with Gasteiger partial charge in [0.05, 0.1) is 16.4 Å². The van der Waals surface area contributed by atoms with E-state index >= 15 is 0 Å². The van der Waals surface area contributed by atoms with Crippen molar-refractivity contribution in [3.63, 3.8) is 0 Å². The first kappa shape index (κ1) is 7.30. The summed E-state index contributed by atoms with van der Waals surface area (Å²) in [6.07, 6.45) is 1.53. The normalized spacial score (nSPS) is 9.40. The van der Waals surface area contributed by atoms with Crippen molar-refractivity contribution in [1.29, 1.82) is 0 Å². The summed E-state index contributed by atoms with van der Waals surface area (Å²) >= 11 is 3.22. The maximum atomic E-state index is 5.42. The quantitative estimate of drug-likeness (QED) is 0.464. The number of hydrazine groups is 1. The van der Waals surface area contributed by atoms with E-state index in [1.807, 2.05) is 0 Å². The zero-order valence-corrected chi connectivity index (χ0v) is 6.72. The fourth-order valence-corrected chi connectivity index (χ4v) is 1.04. The molecule has 0 saturated carbocycles. The van der Waals surface area contributed by atoms with Gasteiger partial charge in [-0.15, -0.1) is 0 Å². The van der Waals surface area contributed by atoms with Crippen LogP contribution in [0.15, 0.2) is 16.7 Å². The van der Waals surface area contributed by atoms with Crippen LogP contribution >= 0.6 is 15.9 Å². The monoisotopic (exact) mass is 202 g/mol. The van der Waals surface area contributed by atoms with Gasteiger partial charge in [0.15, 0.2) is 5.82 Å². The number of nitrogens with one attached hydrogen (secondary N) is 1. The van der Waals surface area contributed by atoms with Gasteiger partial charge in [0.25, 0.3) is 0 Å². The Kier molecular flexibility index (Phi) is 2.08. The van der Waals surface area contributed by atoms with Crippen LogP contribution < -0.4 is 17.0 Å². The van der Waals surface area contributed by atoms with Crippen molar-refractivity contribution in [2.24, 2.45) is 5.84 Å². The van der Waals surface area contributed by atoms with Crippen molar-refractivity contribution in [3.8, 4) is 0 Å². The molecule has 0 aliphatic rings. The van der Waals surface area contributed by atoms with E-state index in [9.17, 15) is 0 Å². The molecule has 0 saturated heterocycles. The lowest BCUT2D eigenvalue weighted by Gasteiger charge is -2.01. The second-order valence-electron chi connectivity index (χ2n) is 1.74. The second-order valence-corrected chi connectivity index (χ2v) is 2.60. The highest BCUT2D eigenvalue weighted by Crippen LogP contribution is 2.20. The molecule has 10 heavy (non-hydrogen) atoms. The lowest BCUT2D eigenvalue weighted by molar-refractivity contribution is 1.22. The molecule has 1 aromatic rings. The van der Waals surface area contributed by atoms with E-state index in [4.69, 9.17) is 11.6 Å². The average Bonchev–Trinajstić information content (AvgIpc) is 1.88. The summed E-state index contributed by atoms with van der Waals surface area (Å²) in [6.45, 7) is 0. The highest BCUT2D eigenvalue weighted by Gasteiger charge is 1.97. The molecular formula is C5H7BrN4. The molecule has 5 heteroatoms. The molecule has 1 heterocycles. The van der Waals surface area contributed by atoms with E-state index in [0.717, 1.165) is 4.47 Å². The maximum absolute atomic E-state index is 5.42. The van der Waals surface area contributed by atoms with Crippen LogP contribution in [0.2, 0.25) is 0 Å². The average molecular weight is 203 g/mol. The van der Waals surface area contributed by atoms with Crippen LogP contribution in [0.25, 0.3) is 0 Å². The van der Waals surface area contributed by atoms with E-state index in [-0.39, 0.29) is 0 Å². The smallest absolute Gasteiger partial charge is 0.154 e. The van der Waals surface area contributed by atoms with E-state index in [0.29, 0.717) is 11.5 Å². The Morgan fingerprint density at radius 2 is 2.30 bits per heavy atom. The van der Waals surface area contributed by atoms with Gasteiger partial charge >= 0.3 is 0 Å². The van der Waals surface area contributed by atoms with Crippen LogP contribution in [-0.2, 0) is 0 Å². The van der Waals surface area contributed by atoms with Gasteiger partial charge in [0.1, 0.15) is 0 Å². The Bertz CT molecular complexity index is 237. The van der Waals surface area contributed by atoms with E-state index in [1.54, 1.807) is 6.07 Å². The molecule has 0 aromatic carbocycles. The van der Waals surface area contributed by atoms with Crippen molar-refractivity contribution < 1.29 is 0 Å². The molecule has 54 valence electrons. The standard InChI is InChI=1S/C5H7BrN4/c6-4-1-3(7)2-9-5(4)10-8/h1-2H,7-8H2,(H,9,10). The molecule has 1 rings (SSSR count). The molecule has 1 aromatic heterocycles. The molecule has 0 unspecified atom stereocenters. The predicted molar refractivity (Wildman–Crippen MR) is 44.2 cm³/mol. The van der Waals surface area contributed by atoms with Gasteiger partial charge < -0.3 is 11.2 Å². The zero-order chi connectivity index (χ0) is 7.56. The number of halogens is 1. The van der Waals surface area contributed by atoms with Gasteiger partial charge in [0.2, 0.25) is 0 Å². The third-order valence-electron chi connectivity index (χ3n) is 0.999. The lowest BCUT2D eigenvalue weighted by Crippen LogP contribution is -2.09. The number of pyridine rings is 1. The second kappa shape index (κ2) is 2.85. The minimum atomic E-state index is 0.578. The Hall–Kier alpha value is -0.810. The first-order valence-corrected chi connectivity index (χ1v) is 3.41. The lowest BCUT2D eigenvalue weighted by atomic mass is 10.4. The maximum Gasteiger partial charge on any atom is 0.154 e. The topological polar surface area (TPSA) is 77.0 Å². The highest BCUT2D eigenvalue weighted by atomic mass is 79.9. The molecule has 5 N–H and O–H groups in total. The summed E-state index contributed by atoms with van der Waals surface area (Å²) in [4.78, 5) is 3.89. The molecule has 0 bridgehead atoms. The number of rotatable bonds is 1. The van der Waals surface area contributed by atoms with Crippen molar-refractivity contribution >= 4 is 27.4 Å². The Labute approximate surface area is 66.7 Å². The molecule has 4 nitrogen and oxygen atoms in total. The zero-order valence-electron chi connectivity index (χ0n) is 5.13. The van der Waals surface area contributed by atoms with Crippen LogP contribution in [0.1, 0.15) is 0 Å². The van der Waals surface area contributed by atoms with Crippen molar-refractivity contribution in [3.05, 3.63) is 16.7 Å². The number of aromatic nitrogens is 1. The van der Waals surface area contributed by atoms with Gasteiger partial charge in [-0.05, 0) is 22.0 Å². The van der Waals surface area contributed by atoms with Gasteiger partial charge in [-0.1, -0.05) is 0 Å². The van der Waals surface area contributed by atoms with E-state index < -0.39 is 0 Å². The molecule has 0 aliphatic heterocycles. The van der Waals surface area contributed by atoms with Crippen LogP contribution in [0.3, 0.4) is 0 Å². The minimum Gasteiger partial charge on any atom is -0.397 e. The number of nitrogen functional groups attached to an aromatic ring is 2.